The number of aliphatic imine (C=N–C) groups is 1. The van der Waals surface area contributed by atoms with Crippen LogP contribution in [0, 0.1) is 6.92 Å². The van der Waals surface area contributed by atoms with Gasteiger partial charge in [0.2, 0.25) is 5.91 Å². The highest BCUT2D eigenvalue weighted by Gasteiger charge is 2.30. The fraction of sp³-hybridized carbons (Fsp3) is 0.241. The second-order valence-electron chi connectivity index (χ2n) is 9.04. The van der Waals surface area contributed by atoms with Crippen LogP contribution in [-0.2, 0) is 17.9 Å². The third-order valence-electron chi connectivity index (χ3n) is 6.50. The fourth-order valence-electron chi connectivity index (χ4n) is 4.64. The highest BCUT2D eigenvalue weighted by molar-refractivity contribution is 6.30. The number of hydrogen-bond donors (Lipinski definition) is 2. The molecule has 4 aromatic rings. The van der Waals surface area contributed by atoms with Gasteiger partial charge in [0.25, 0.3) is 0 Å². The molecule has 1 aliphatic heterocycles. The fourth-order valence-corrected chi connectivity index (χ4v) is 4.77. The molecule has 0 saturated carbocycles. The van der Waals surface area contributed by atoms with E-state index in [1.54, 1.807) is 0 Å². The summed E-state index contributed by atoms with van der Waals surface area (Å²) in [5.41, 5.74) is 11.3. The van der Waals surface area contributed by atoms with Gasteiger partial charge in [-0.1, -0.05) is 48.0 Å². The van der Waals surface area contributed by atoms with Crippen LogP contribution in [0.2, 0.25) is 5.02 Å². The number of amides is 1. The SMILES string of the molecule is CCNC(=O)C[C@@H]1N=C(c2ccc(Cl)cc2)c2cc(OCc3ccccc3CN)ccc2-n2c(C)nnc21. The van der Waals surface area contributed by atoms with Gasteiger partial charge in [0.15, 0.2) is 5.82 Å². The van der Waals surface area contributed by atoms with E-state index in [0.29, 0.717) is 42.1 Å². The van der Waals surface area contributed by atoms with Gasteiger partial charge in [-0.3, -0.25) is 14.4 Å². The molecule has 1 atom stereocenters. The van der Waals surface area contributed by atoms with Crippen LogP contribution in [0.15, 0.2) is 71.7 Å². The summed E-state index contributed by atoms with van der Waals surface area (Å²) >= 11 is 6.20. The number of halogens is 1. The molecule has 1 aromatic heterocycles. The van der Waals surface area contributed by atoms with E-state index in [0.717, 1.165) is 33.7 Å². The first kappa shape index (κ1) is 25.6. The number of nitrogens with two attached hydrogens (primary N) is 1. The summed E-state index contributed by atoms with van der Waals surface area (Å²) in [4.78, 5) is 17.7. The molecule has 38 heavy (non-hydrogen) atoms. The van der Waals surface area contributed by atoms with E-state index in [4.69, 9.17) is 27.1 Å². The Labute approximate surface area is 226 Å². The van der Waals surface area contributed by atoms with Gasteiger partial charge in [-0.05, 0) is 55.3 Å². The Kier molecular flexibility index (Phi) is 7.53. The summed E-state index contributed by atoms with van der Waals surface area (Å²) in [7, 11) is 0. The number of hydrogen-bond acceptors (Lipinski definition) is 6. The zero-order valence-corrected chi connectivity index (χ0v) is 22.1. The lowest BCUT2D eigenvalue weighted by molar-refractivity contribution is -0.121. The smallest absolute Gasteiger partial charge is 0.222 e. The average Bonchev–Trinajstić information content (AvgIpc) is 3.25. The Hall–Kier alpha value is -4.01. The van der Waals surface area contributed by atoms with E-state index < -0.39 is 6.04 Å². The highest BCUT2D eigenvalue weighted by Crippen LogP contribution is 2.34. The van der Waals surface area contributed by atoms with Crippen molar-refractivity contribution in [1.29, 1.82) is 0 Å². The van der Waals surface area contributed by atoms with E-state index in [1.807, 2.05) is 85.1 Å². The minimum absolute atomic E-state index is 0.0996. The predicted octanol–water partition coefficient (Wildman–Crippen LogP) is 4.69. The molecule has 8 nitrogen and oxygen atoms in total. The van der Waals surface area contributed by atoms with E-state index in [9.17, 15) is 4.79 Å². The van der Waals surface area contributed by atoms with Crippen LogP contribution in [0.1, 0.15) is 53.3 Å². The summed E-state index contributed by atoms with van der Waals surface area (Å²) in [6.45, 7) is 5.16. The standard InChI is InChI=1S/C29H29ClN6O2/c1-3-32-27(37)15-25-29-35-34-18(2)36(29)26-13-12-23(38-17-21-7-5-4-6-20(21)16-31)14-24(26)28(33-25)19-8-10-22(30)11-9-19/h4-14,25H,3,15-17,31H2,1-2H3,(H,32,37)/t25-/m0/s1. The monoisotopic (exact) mass is 528 g/mol. The number of carbonyl (C=O) groups is 1. The van der Waals surface area contributed by atoms with Crippen LogP contribution in [0.3, 0.4) is 0 Å². The molecular weight excluding hydrogens is 500 g/mol. The third-order valence-corrected chi connectivity index (χ3v) is 6.75. The molecule has 0 bridgehead atoms. The van der Waals surface area contributed by atoms with Gasteiger partial charge in [-0.15, -0.1) is 10.2 Å². The minimum atomic E-state index is -0.526. The molecule has 2 heterocycles. The first-order valence-electron chi connectivity index (χ1n) is 12.5. The molecule has 3 aromatic carbocycles. The van der Waals surface area contributed by atoms with Gasteiger partial charge in [0.1, 0.15) is 24.2 Å². The Morgan fingerprint density at radius 3 is 2.58 bits per heavy atom. The maximum absolute atomic E-state index is 12.6. The highest BCUT2D eigenvalue weighted by atomic mass is 35.5. The molecule has 0 spiro atoms. The van der Waals surface area contributed by atoms with Crippen molar-refractivity contribution in [3.8, 4) is 11.4 Å². The molecule has 5 rings (SSSR count). The second-order valence-corrected chi connectivity index (χ2v) is 9.48. The lowest BCUT2D eigenvalue weighted by Crippen LogP contribution is -2.25. The van der Waals surface area contributed by atoms with Gasteiger partial charge in [0.05, 0.1) is 17.8 Å². The zero-order chi connectivity index (χ0) is 26.6. The molecule has 3 N–H and O–H groups in total. The van der Waals surface area contributed by atoms with Gasteiger partial charge in [0, 0.05) is 29.2 Å². The second kappa shape index (κ2) is 11.2. The number of carbonyl (C=O) groups excluding carboxylic acids is 1. The number of aromatic nitrogens is 3. The van der Waals surface area contributed by atoms with Crippen molar-refractivity contribution in [3.63, 3.8) is 0 Å². The first-order valence-corrected chi connectivity index (χ1v) is 12.9. The minimum Gasteiger partial charge on any atom is -0.489 e. The molecule has 0 saturated heterocycles. The molecule has 0 unspecified atom stereocenters. The first-order chi connectivity index (χ1) is 18.5. The van der Waals surface area contributed by atoms with Crippen molar-refractivity contribution in [2.75, 3.05) is 6.54 Å². The Morgan fingerprint density at radius 1 is 1.08 bits per heavy atom. The Morgan fingerprint density at radius 2 is 1.84 bits per heavy atom. The van der Waals surface area contributed by atoms with E-state index >= 15 is 0 Å². The topological polar surface area (TPSA) is 107 Å². The van der Waals surface area contributed by atoms with Gasteiger partial charge in [-0.2, -0.15) is 0 Å². The van der Waals surface area contributed by atoms with Crippen molar-refractivity contribution in [1.82, 2.24) is 20.1 Å². The lowest BCUT2D eigenvalue weighted by atomic mass is 10.00. The normalized spacial score (nSPS) is 14.2. The molecule has 1 aliphatic rings. The molecule has 1 amide bonds. The van der Waals surface area contributed by atoms with Crippen LogP contribution < -0.4 is 15.8 Å². The van der Waals surface area contributed by atoms with Crippen molar-refractivity contribution >= 4 is 23.2 Å². The molecule has 194 valence electrons. The number of rotatable bonds is 8. The van der Waals surface area contributed by atoms with Gasteiger partial charge < -0.3 is 15.8 Å². The van der Waals surface area contributed by atoms with Crippen molar-refractivity contribution < 1.29 is 9.53 Å². The summed E-state index contributed by atoms with van der Waals surface area (Å²) in [5.74, 6) is 1.91. The largest absolute Gasteiger partial charge is 0.489 e. The van der Waals surface area contributed by atoms with E-state index in [-0.39, 0.29) is 12.3 Å². The molecule has 0 aliphatic carbocycles. The van der Waals surface area contributed by atoms with E-state index in [1.165, 1.54) is 0 Å². The molecule has 0 fully saturated rings. The third kappa shape index (κ3) is 5.18. The number of nitrogens with one attached hydrogen (secondary N) is 1. The van der Waals surface area contributed by atoms with Crippen LogP contribution in [-0.4, -0.2) is 32.9 Å². The zero-order valence-electron chi connectivity index (χ0n) is 21.3. The van der Waals surface area contributed by atoms with Gasteiger partial charge in [-0.25, -0.2) is 0 Å². The summed E-state index contributed by atoms with van der Waals surface area (Å²) < 4.78 is 8.20. The van der Waals surface area contributed by atoms with Crippen molar-refractivity contribution in [2.24, 2.45) is 10.7 Å². The quantitative estimate of drug-likeness (QED) is 0.345. The number of ether oxygens (including phenoxy) is 1. The Bertz CT molecular complexity index is 1500. The predicted molar refractivity (Wildman–Crippen MR) is 148 cm³/mol. The molecule has 0 radical (unpaired) electrons. The maximum Gasteiger partial charge on any atom is 0.222 e. The number of fused-ring (bicyclic) bond motifs is 3. The van der Waals surface area contributed by atoms with E-state index in [2.05, 4.69) is 15.5 Å². The molecule has 9 heteroatoms. The number of aryl methyl sites for hydroxylation is 1. The lowest BCUT2D eigenvalue weighted by Gasteiger charge is -2.15. The van der Waals surface area contributed by atoms with Crippen LogP contribution in [0.25, 0.3) is 5.69 Å². The van der Waals surface area contributed by atoms with Crippen LogP contribution >= 0.6 is 11.6 Å². The number of benzene rings is 3. The van der Waals surface area contributed by atoms with Crippen LogP contribution in [0.4, 0.5) is 0 Å². The number of nitrogens with zero attached hydrogens (tertiary/aromatic N) is 4. The summed E-state index contributed by atoms with van der Waals surface area (Å²) in [5, 5.41) is 12.3. The maximum atomic E-state index is 12.6. The van der Waals surface area contributed by atoms with Crippen molar-refractivity contribution in [2.45, 2.75) is 39.5 Å². The molecular formula is C29H29ClN6O2. The Balaban J connectivity index is 1.61. The van der Waals surface area contributed by atoms with Crippen LogP contribution in [0.5, 0.6) is 5.75 Å². The summed E-state index contributed by atoms with van der Waals surface area (Å²) in [6, 6.07) is 20.9. The average molecular weight is 529 g/mol. The van der Waals surface area contributed by atoms with Crippen molar-refractivity contribution in [3.05, 3.63) is 106 Å². The summed E-state index contributed by atoms with van der Waals surface area (Å²) in [6.07, 6.45) is 0.149. The van der Waals surface area contributed by atoms with Gasteiger partial charge >= 0.3 is 0 Å².